The maximum Gasteiger partial charge on any atom is 0.0540 e. The summed E-state index contributed by atoms with van der Waals surface area (Å²) in [5.41, 5.74) is 13.8. The molecule has 9 aromatic carbocycles. The molecular formula is C53H37NS. The monoisotopic (exact) mass is 719 g/mol. The smallest absolute Gasteiger partial charge is 0.0540 e. The molecule has 0 N–H and O–H groups in total. The summed E-state index contributed by atoms with van der Waals surface area (Å²) in [6, 6.07) is 69.5. The molecule has 55 heavy (non-hydrogen) atoms. The first kappa shape index (κ1) is 32.0. The number of benzene rings is 9. The van der Waals surface area contributed by atoms with Gasteiger partial charge in [0, 0.05) is 42.3 Å². The minimum atomic E-state index is -0.120. The van der Waals surface area contributed by atoms with Gasteiger partial charge in [0.15, 0.2) is 0 Å². The van der Waals surface area contributed by atoms with E-state index in [4.69, 9.17) is 0 Å². The minimum Gasteiger partial charge on any atom is -0.310 e. The number of fused-ring (bicyclic) bond motifs is 9. The summed E-state index contributed by atoms with van der Waals surface area (Å²) in [5.74, 6) is 0. The van der Waals surface area contributed by atoms with Crippen molar-refractivity contribution in [3.63, 3.8) is 0 Å². The van der Waals surface area contributed by atoms with Crippen molar-refractivity contribution in [3.05, 3.63) is 199 Å². The van der Waals surface area contributed by atoms with Gasteiger partial charge in [-0.1, -0.05) is 159 Å². The van der Waals surface area contributed by atoms with Gasteiger partial charge in [0.2, 0.25) is 0 Å². The van der Waals surface area contributed by atoms with Crippen LogP contribution in [0.4, 0.5) is 17.1 Å². The summed E-state index contributed by atoms with van der Waals surface area (Å²) in [5, 5.41) is 7.70. The molecule has 0 bridgehead atoms. The number of nitrogens with zero attached hydrogens (tertiary/aromatic N) is 1. The van der Waals surface area contributed by atoms with Crippen molar-refractivity contribution in [3.8, 4) is 33.4 Å². The Morgan fingerprint density at radius 2 is 1.05 bits per heavy atom. The minimum absolute atomic E-state index is 0.120. The molecule has 0 amide bonds. The van der Waals surface area contributed by atoms with Crippen molar-refractivity contribution in [1.29, 1.82) is 0 Å². The highest BCUT2D eigenvalue weighted by molar-refractivity contribution is 7.25. The van der Waals surface area contributed by atoms with Crippen LogP contribution in [0.1, 0.15) is 25.0 Å². The first-order chi connectivity index (χ1) is 27.0. The van der Waals surface area contributed by atoms with E-state index in [1.807, 2.05) is 11.3 Å². The summed E-state index contributed by atoms with van der Waals surface area (Å²) < 4.78 is 2.61. The van der Waals surface area contributed by atoms with Crippen LogP contribution in [0.5, 0.6) is 0 Å². The molecule has 10 aromatic rings. The lowest BCUT2D eigenvalue weighted by Gasteiger charge is -2.28. The molecular weight excluding hydrogens is 683 g/mol. The Labute approximate surface area is 325 Å². The second kappa shape index (κ2) is 12.3. The molecule has 0 saturated carbocycles. The van der Waals surface area contributed by atoms with Crippen LogP contribution in [0, 0.1) is 0 Å². The fourth-order valence-electron chi connectivity index (χ4n) is 9.30. The van der Waals surface area contributed by atoms with E-state index in [-0.39, 0.29) is 5.41 Å². The van der Waals surface area contributed by atoms with Crippen molar-refractivity contribution >= 4 is 70.1 Å². The number of rotatable bonds is 5. The maximum absolute atomic E-state index is 2.45. The van der Waals surface area contributed by atoms with E-state index in [0.29, 0.717) is 0 Å². The standard InChI is InChI=1S/C53H37NS/c1-53(2)47-22-12-10-21-45(47)51-46(32-36-16-6-7-17-39(36)52(51)53)41-30-31-48(42-19-9-8-18-40(41)42)54(37-26-24-35(25-27-37)34-14-4-3-5-15-34)38-28-29-44-43-20-11-13-23-49(43)55-50(44)33-38/h3-33H,1-2H3. The predicted octanol–water partition coefficient (Wildman–Crippen LogP) is 15.5. The zero-order valence-electron chi connectivity index (χ0n) is 30.8. The van der Waals surface area contributed by atoms with Crippen molar-refractivity contribution in [2.45, 2.75) is 19.3 Å². The second-order valence-electron chi connectivity index (χ2n) is 15.3. The van der Waals surface area contributed by atoms with Gasteiger partial charge in [0.05, 0.1) is 5.69 Å². The molecule has 2 heteroatoms. The first-order valence-corrected chi connectivity index (χ1v) is 19.9. The van der Waals surface area contributed by atoms with Crippen LogP contribution in [-0.2, 0) is 5.41 Å². The average Bonchev–Trinajstić information content (AvgIpc) is 3.73. The number of anilines is 3. The number of hydrogen-bond donors (Lipinski definition) is 0. The molecule has 1 nitrogen and oxygen atoms in total. The zero-order chi connectivity index (χ0) is 36.7. The van der Waals surface area contributed by atoms with Crippen LogP contribution in [0.15, 0.2) is 188 Å². The molecule has 0 radical (unpaired) electrons. The Morgan fingerprint density at radius 1 is 0.418 bits per heavy atom. The van der Waals surface area contributed by atoms with E-state index in [0.717, 1.165) is 17.1 Å². The van der Waals surface area contributed by atoms with E-state index in [1.54, 1.807) is 0 Å². The van der Waals surface area contributed by atoms with Crippen molar-refractivity contribution in [2.24, 2.45) is 0 Å². The highest BCUT2D eigenvalue weighted by Crippen LogP contribution is 2.56. The van der Waals surface area contributed by atoms with E-state index in [2.05, 4.69) is 207 Å². The van der Waals surface area contributed by atoms with E-state index in [9.17, 15) is 0 Å². The van der Waals surface area contributed by atoms with E-state index >= 15 is 0 Å². The van der Waals surface area contributed by atoms with Gasteiger partial charge in [0.25, 0.3) is 0 Å². The SMILES string of the molecule is CC1(C)c2ccccc2-c2c(-c3ccc(N(c4ccc(-c5ccccc5)cc4)c4ccc5c(c4)sc4ccccc45)c4ccccc34)cc3ccccc3c21. The van der Waals surface area contributed by atoms with Crippen molar-refractivity contribution in [2.75, 3.05) is 4.90 Å². The van der Waals surface area contributed by atoms with Gasteiger partial charge in [0.1, 0.15) is 0 Å². The number of thiophene rings is 1. The molecule has 0 unspecified atom stereocenters. The van der Waals surface area contributed by atoms with Gasteiger partial charge >= 0.3 is 0 Å². The average molecular weight is 720 g/mol. The lowest BCUT2D eigenvalue weighted by molar-refractivity contribution is 0.666. The largest absolute Gasteiger partial charge is 0.310 e. The topological polar surface area (TPSA) is 3.24 Å². The third-order valence-corrected chi connectivity index (χ3v) is 13.0. The Morgan fingerprint density at radius 3 is 1.89 bits per heavy atom. The summed E-state index contributed by atoms with van der Waals surface area (Å²) >= 11 is 1.87. The molecule has 1 aliphatic carbocycles. The lowest BCUT2D eigenvalue weighted by atomic mass is 9.79. The quantitative estimate of drug-likeness (QED) is 0.171. The van der Waals surface area contributed by atoms with Gasteiger partial charge in [-0.15, -0.1) is 11.3 Å². The van der Waals surface area contributed by atoms with Gasteiger partial charge in [-0.2, -0.15) is 0 Å². The van der Waals surface area contributed by atoms with Crippen LogP contribution in [0.25, 0.3) is 75.1 Å². The van der Waals surface area contributed by atoms with Crippen LogP contribution in [0.3, 0.4) is 0 Å². The van der Waals surface area contributed by atoms with E-state index in [1.165, 1.54) is 86.2 Å². The van der Waals surface area contributed by atoms with Gasteiger partial charge in [-0.05, 0) is 103 Å². The van der Waals surface area contributed by atoms with Crippen LogP contribution in [-0.4, -0.2) is 0 Å². The second-order valence-corrected chi connectivity index (χ2v) is 16.4. The molecule has 0 atom stereocenters. The van der Waals surface area contributed by atoms with Gasteiger partial charge in [-0.3, -0.25) is 0 Å². The molecule has 260 valence electrons. The summed E-state index contributed by atoms with van der Waals surface area (Å²) in [6.45, 7) is 4.78. The Balaban J connectivity index is 1.15. The normalized spacial score (nSPS) is 13.1. The highest BCUT2D eigenvalue weighted by Gasteiger charge is 2.38. The summed E-state index contributed by atoms with van der Waals surface area (Å²) in [4.78, 5) is 2.45. The third kappa shape index (κ3) is 4.92. The Hall–Kier alpha value is -6.48. The van der Waals surface area contributed by atoms with Crippen LogP contribution < -0.4 is 4.90 Å². The zero-order valence-corrected chi connectivity index (χ0v) is 31.6. The fourth-order valence-corrected chi connectivity index (χ4v) is 10.4. The van der Waals surface area contributed by atoms with E-state index < -0.39 is 0 Å². The van der Waals surface area contributed by atoms with Crippen molar-refractivity contribution in [1.82, 2.24) is 0 Å². The molecule has 11 rings (SSSR count). The Bertz CT molecular complexity index is 3110. The maximum atomic E-state index is 2.45. The van der Waals surface area contributed by atoms with Crippen molar-refractivity contribution < 1.29 is 0 Å². The molecule has 0 fully saturated rings. The molecule has 0 saturated heterocycles. The number of hydrogen-bond acceptors (Lipinski definition) is 2. The molecule has 1 aliphatic rings. The van der Waals surface area contributed by atoms with Gasteiger partial charge < -0.3 is 4.90 Å². The molecule has 0 spiro atoms. The predicted molar refractivity (Wildman–Crippen MR) is 237 cm³/mol. The highest BCUT2D eigenvalue weighted by atomic mass is 32.1. The third-order valence-electron chi connectivity index (χ3n) is 11.8. The first-order valence-electron chi connectivity index (χ1n) is 19.1. The van der Waals surface area contributed by atoms with Crippen LogP contribution in [0.2, 0.25) is 0 Å². The molecule has 0 aliphatic heterocycles. The van der Waals surface area contributed by atoms with Gasteiger partial charge in [-0.25, -0.2) is 0 Å². The summed E-state index contributed by atoms with van der Waals surface area (Å²) in [6.07, 6.45) is 0. The molecule has 1 aromatic heterocycles. The summed E-state index contributed by atoms with van der Waals surface area (Å²) in [7, 11) is 0. The molecule has 1 heterocycles. The van der Waals surface area contributed by atoms with Crippen LogP contribution >= 0.6 is 11.3 Å². The Kier molecular flexibility index (Phi) is 7.14. The lowest BCUT2D eigenvalue weighted by Crippen LogP contribution is -2.15. The fraction of sp³-hybridized carbons (Fsp3) is 0.0566.